The van der Waals surface area contributed by atoms with Crippen LogP contribution in [0.15, 0.2) is 42.5 Å². The van der Waals surface area contributed by atoms with E-state index in [0.29, 0.717) is 13.0 Å². The average molecular weight is 268 g/mol. The van der Waals surface area contributed by atoms with Crippen LogP contribution in [-0.4, -0.2) is 12.9 Å². The molecule has 1 aliphatic carbocycles. The Hall–Kier alpha value is -2.29. The van der Waals surface area contributed by atoms with E-state index in [4.69, 9.17) is 9.47 Å². The summed E-state index contributed by atoms with van der Waals surface area (Å²) in [5, 5.41) is 0. The molecule has 3 nitrogen and oxygen atoms in total. The summed E-state index contributed by atoms with van der Waals surface area (Å²) in [6, 6.07) is 13.5. The summed E-state index contributed by atoms with van der Waals surface area (Å²) in [5.41, 5.74) is 2.94. The lowest BCUT2D eigenvalue weighted by Gasteiger charge is -2.10. The van der Waals surface area contributed by atoms with Crippen molar-refractivity contribution in [3.63, 3.8) is 0 Å². The molecule has 1 aliphatic rings. The summed E-state index contributed by atoms with van der Waals surface area (Å²) >= 11 is 0. The fourth-order valence-electron chi connectivity index (χ4n) is 2.48. The smallest absolute Gasteiger partial charge is 0.163 e. The highest BCUT2D eigenvalue weighted by molar-refractivity contribution is 6.01. The van der Waals surface area contributed by atoms with E-state index in [1.54, 1.807) is 7.11 Å². The van der Waals surface area contributed by atoms with Gasteiger partial charge >= 0.3 is 0 Å². The fourth-order valence-corrected chi connectivity index (χ4v) is 2.48. The Morgan fingerprint density at radius 2 is 1.85 bits per heavy atom. The second-order valence-electron chi connectivity index (χ2n) is 4.84. The van der Waals surface area contributed by atoms with Gasteiger partial charge in [0.05, 0.1) is 7.11 Å². The first-order valence-electron chi connectivity index (χ1n) is 6.69. The van der Waals surface area contributed by atoms with Gasteiger partial charge in [-0.25, -0.2) is 0 Å². The number of carbonyl (C=O) groups is 1. The molecular formula is C17H16O3. The number of benzene rings is 2. The predicted molar refractivity (Wildman–Crippen MR) is 76.4 cm³/mol. The Kier molecular flexibility index (Phi) is 3.42. The van der Waals surface area contributed by atoms with Gasteiger partial charge in [0.1, 0.15) is 18.1 Å². The SMILES string of the molecule is COc1ccc(COc2cccc3c2CCC3=O)cc1. The van der Waals surface area contributed by atoms with Gasteiger partial charge in [-0.15, -0.1) is 0 Å². The maximum absolute atomic E-state index is 11.7. The normalized spacial score (nSPS) is 13.2. The number of hydrogen-bond donors (Lipinski definition) is 0. The number of methoxy groups -OCH3 is 1. The molecule has 0 radical (unpaired) electrons. The van der Waals surface area contributed by atoms with Crippen molar-refractivity contribution in [1.29, 1.82) is 0 Å². The van der Waals surface area contributed by atoms with E-state index in [1.165, 1.54) is 0 Å². The van der Waals surface area contributed by atoms with E-state index in [2.05, 4.69) is 0 Å². The van der Waals surface area contributed by atoms with Gasteiger partial charge in [0, 0.05) is 17.5 Å². The van der Waals surface area contributed by atoms with Gasteiger partial charge < -0.3 is 9.47 Å². The largest absolute Gasteiger partial charge is 0.497 e. The molecule has 2 aromatic carbocycles. The summed E-state index contributed by atoms with van der Waals surface area (Å²) in [5.74, 6) is 1.87. The highest BCUT2D eigenvalue weighted by Gasteiger charge is 2.22. The summed E-state index contributed by atoms with van der Waals surface area (Å²) in [6.07, 6.45) is 1.38. The minimum absolute atomic E-state index is 0.217. The molecule has 0 N–H and O–H groups in total. The average Bonchev–Trinajstić information content (AvgIpc) is 2.88. The molecule has 0 heterocycles. The van der Waals surface area contributed by atoms with Crippen LogP contribution in [0, 0.1) is 0 Å². The Labute approximate surface area is 118 Å². The van der Waals surface area contributed by atoms with Crippen LogP contribution in [0.3, 0.4) is 0 Å². The van der Waals surface area contributed by atoms with Gasteiger partial charge in [0.15, 0.2) is 5.78 Å². The molecule has 3 rings (SSSR count). The van der Waals surface area contributed by atoms with Gasteiger partial charge in [0.25, 0.3) is 0 Å². The lowest BCUT2D eigenvalue weighted by molar-refractivity contribution is 0.0994. The molecule has 2 aromatic rings. The minimum atomic E-state index is 0.217. The molecule has 20 heavy (non-hydrogen) atoms. The maximum atomic E-state index is 11.7. The van der Waals surface area contributed by atoms with E-state index in [1.807, 2.05) is 42.5 Å². The van der Waals surface area contributed by atoms with Crippen molar-refractivity contribution in [3.05, 3.63) is 59.2 Å². The van der Waals surface area contributed by atoms with Crippen molar-refractivity contribution in [2.45, 2.75) is 19.4 Å². The van der Waals surface area contributed by atoms with Gasteiger partial charge in [-0.1, -0.05) is 24.3 Å². The van der Waals surface area contributed by atoms with Crippen LogP contribution < -0.4 is 9.47 Å². The lowest BCUT2D eigenvalue weighted by atomic mass is 10.1. The van der Waals surface area contributed by atoms with Crippen LogP contribution in [0.4, 0.5) is 0 Å². The molecule has 0 saturated heterocycles. The minimum Gasteiger partial charge on any atom is -0.497 e. The first kappa shape index (κ1) is 12.7. The molecule has 0 unspecified atom stereocenters. The Balaban J connectivity index is 1.74. The monoisotopic (exact) mass is 268 g/mol. The molecule has 102 valence electrons. The second kappa shape index (κ2) is 5.37. The molecule has 0 spiro atoms. The number of hydrogen-bond acceptors (Lipinski definition) is 3. The second-order valence-corrected chi connectivity index (χ2v) is 4.84. The van der Waals surface area contributed by atoms with Crippen molar-refractivity contribution in [2.75, 3.05) is 7.11 Å². The third-order valence-corrected chi connectivity index (χ3v) is 3.59. The quantitative estimate of drug-likeness (QED) is 0.852. The number of Topliss-reactive ketones (excluding diaryl/α,β-unsaturated/α-hetero) is 1. The Morgan fingerprint density at radius 3 is 2.60 bits per heavy atom. The van der Waals surface area contributed by atoms with E-state index >= 15 is 0 Å². The highest BCUT2D eigenvalue weighted by atomic mass is 16.5. The molecule has 0 aliphatic heterocycles. The first-order valence-corrected chi connectivity index (χ1v) is 6.69. The number of ketones is 1. The number of rotatable bonds is 4. The van der Waals surface area contributed by atoms with Crippen molar-refractivity contribution >= 4 is 5.78 Å². The summed E-state index contributed by atoms with van der Waals surface area (Å²) in [4.78, 5) is 11.7. The Bertz CT molecular complexity index is 629. The van der Waals surface area contributed by atoms with Crippen molar-refractivity contribution < 1.29 is 14.3 Å². The van der Waals surface area contributed by atoms with E-state index in [0.717, 1.165) is 34.6 Å². The third kappa shape index (κ3) is 2.39. The molecule has 0 amide bonds. The summed E-state index contributed by atoms with van der Waals surface area (Å²) in [7, 11) is 1.65. The van der Waals surface area contributed by atoms with Crippen molar-refractivity contribution in [1.82, 2.24) is 0 Å². The highest BCUT2D eigenvalue weighted by Crippen LogP contribution is 2.31. The zero-order valence-corrected chi connectivity index (χ0v) is 11.4. The molecular weight excluding hydrogens is 252 g/mol. The van der Waals surface area contributed by atoms with E-state index in [9.17, 15) is 4.79 Å². The van der Waals surface area contributed by atoms with Crippen molar-refractivity contribution in [3.8, 4) is 11.5 Å². The first-order chi connectivity index (χ1) is 9.78. The van der Waals surface area contributed by atoms with Gasteiger partial charge in [0.2, 0.25) is 0 Å². The van der Waals surface area contributed by atoms with Crippen LogP contribution >= 0.6 is 0 Å². The predicted octanol–water partition coefficient (Wildman–Crippen LogP) is 3.40. The summed E-state index contributed by atoms with van der Waals surface area (Å²) in [6.45, 7) is 0.495. The van der Waals surface area contributed by atoms with Crippen LogP contribution in [0.1, 0.15) is 27.9 Å². The van der Waals surface area contributed by atoms with Crippen LogP contribution in [0.5, 0.6) is 11.5 Å². The standard InChI is InChI=1S/C17H16O3/c1-19-13-7-5-12(6-8-13)11-20-17-4-2-3-14-15(17)9-10-16(14)18/h2-8H,9-11H2,1H3. The van der Waals surface area contributed by atoms with Gasteiger partial charge in [-0.05, 0) is 30.2 Å². The van der Waals surface area contributed by atoms with Gasteiger partial charge in [-0.3, -0.25) is 4.79 Å². The van der Waals surface area contributed by atoms with Crippen molar-refractivity contribution in [2.24, 2.45) is 0 Å². The topological polar surface area (TPSA) is 35.5 Å². The fraction of sp³-hybridized carbons (Fsp3) is 0.235. The molecule has 0 bridgehead atoms. The van der Waals surface area contributed by atoms with E-state index in [-0.39, 0.29) is 5.78 Å². The maximum Gasteiger partial charge on any atom is 0.163 e. The number of ether oxygens (including phenoxy) is 2. The van der Waals surface area contributed by atoms with Crippen LogP contribution in [-0.2, 0) is 13.0 Å². The molecule has 3 heteroatoms. The van der Waals surface area contributed by atoms with Crippen LogP contribution in [0.2, 0.25) is 0 Å². The summed E-state index contributed by atoms with van der Waals surface area (Å²) < 4.78 is 11.0. The molecule has 0 aromatic heterocycles. The number of fused-ring (bicyclic) bond motifs is 1. The van der Waals surface area contributed by atoms with E-state index < -0.39 is 0 Å². The Morgan fingerprint density at radius 1 is 1.05 bits per heavy atom. The van der Waals surface area contributed by atoms with Gasteiger partial charge in [-0.2, -0.15) is 0 Å². The number of carbonyl (C=O) groups excluding carboxylic acids is 1. The lowest BCUT2D eigenvalue weighted by Crippen LogP contribution is -1.99. The molecule has 0 saturated carbocycles. The molecule has 0 fully saturated rings. The molecule has 0 atom stereocenters. The zero-order chi connectivity index (χ0) is 13.9. The zero-order valence-electron chi connectivity index (χ0n) is 11.4. The van der Waals surface area contributed by atoms with Crippen LogP contribution in [0.25, 0.3) is 0 Å². The third-order valence-electron chi connectivity index (χ3n) is 3.59.